The van der Waals surface area contributed by atoms with Gasteiger partial charge in [-0.05, 0) is 48.9 Å². The lowest BCUT2D eigenvalue weighted by Gasteiger charge is -2.22. The summed E-state index contributed by atoms with van der Waals surface area (Å²) in [6.07, 6.45) is 0. The largest absolute Gasteiger partial charge is 0.497 e. The van der Waals surface area contributed by atoms with Crippen LogP contribution in [0.15, 0.2) is 53.1 Å². The van der Waals surface area contributed by atoms with Crippen molar-refractivity contribution >= 4 is 11.9 Å². The molecule has 0 spiro atoms. The fraction of sp³-hybridized carbons (Fsp3) is 0.238. The maximum atomic E-state index is 13.0. The highest BCUT2D eigenvalue weighted by molar-refractivity contribution is 6.07. The topological polar surface area (TPSA) is 107 Å². The second-order valence-electron chi connectivity index (χ2n) is 7.09. The minimum atomic E-state index is -2.96. The van der Waals surface area contributed by atoms with Gasteiger partial charge in [0, 0.05) is 5.56 Å². The number of hydrogen-bond donors (Lipinski definition) is 1. The van der Waals surface area contributed by atoms with Gasteiger partial charge in [0.25, 0.3) is 5.91 Å². The Morgan fingerprint density at radius 1 is 1.09 bits per heavy atom. The van der Waals surface area contributed by atoms with E-state index in [2.05, 4.69) is 20.2 Å². The van der Waals surface area contributed by atoms with Crippen LogP contribution in [0.5, 0.6) is 11.5 Å². The minimum absolute atomic E-state index is 0.0575. The van der Waals surface area contributed by atoms with E-state index >= 15 is 0 Å². The Balaban J connectivity index is 1.50. The molecule has 166 valence electrons. The Hall–Kier alpha value is -4.02. The number of urea groups is 1. The highest BCUT2D eigenvalue weighted by atomic mass is 19.3. The smallest absolute Gasteiger partial charge is 0.387 e. The van der Waals surface area contributed by atoms with Gasteiger partial charge < -0.3 is 19.3 Å². The van der Waals surface area contributed by atoms with Crippen LogP contribution in [-0.2, 0) is 16.9 Å². The first-order chi connectivity index (χ1) is 15.3. The molecule has 0 saturated carbocycles. The summed E-state index contributed by atoms with van der Waals surface area (Å²) in [4.78, 5) is 30.7. The fourth-order valence-corrected chi connectivity index (χ4v) is 3.32. The molecule has 0 bridgehead atoms. The van der Waals surface area contributed by atoms with Crippen molar-refractivity contribution in [3.8, 4) is 22.9 Å². The predicted molar refractivity (Wildman–Crippen MR) is 106 cm³/mol. The molecule has 1 atom stereocenters. The van der Waals surface area contributed by atoms with Crippen molar-refractivity contribution in [1.29, 1.82) is 0 Å². The molecule has 2 heterocycles. The zero-order valence-electron chi connectivity index (χ0n) is 17.0. The fourth-order valence-electron chi connectivity index (χ4n) is 3.32. The summed E-state index contributed by atoms with van der Waals surface area (Å²) in [7, 11) is 1.55. The Labute approximate surface area is 180 Å². The van der Waals surface area contributed by atoms with E-state index in [1.165, 1.54) is 31.2 Å². The van der Waals surface area contributed by atoms with Crippen molar-refractivity contribution in [3.63, 3.8) is 0 Å². The van der Waals surface area contributed by atoms with E-state index in [0.717, 1.165) is 4.90 Å². The number of halogens is 2. The summed E-state index contributed by atoms with van der Waals surface area (Å²) < 4.78 is 39.3. The third-order valence-corrected chi connectivity index (χ3v) is 5.04. The van der Waals surface area contributed by atoms with Crippen LogP contribution in [0.3, 0.4) is 0 Å². The van der Waals surface area contributed by atoms with Crippen molar-refractivity contribution in [2.45, 2.75) is 25.6 Å². The number of methoxy groups -OCH3 is 1. The van der Waals surface area contributed by atoms with Crippen LogP contribution in [0.2, 0.25) is 0 Å². The van der Waals surface area contributed by atoms with Gasteiger partial charge in [-0.25, -0.2) is 4.79 Å². The SMILES string of the molecule is COc1ccc(-c2noc(CN3C(=O)N[C@](C)(c4ccc(OC(F)F)cc4)C3=O)n2)cc1. The molecule has 0 unspecified atom stereocenters. The third-order valence-electron chi connectivity index (χ3n) is 5.04. The number of nitrogens with one attached hydrogen (secondary N) is 1. The third kappa shape index (κ3) is 3.96. The van der Waals surface area contributed by atoms with Crippen LogP contribution < -0.4 is 14.8 Å². The van der Waals surface area contributed by atoms with Gasteiger partial charge in [-0.2, -0.15) is 13.8 Å². The second-order valence-corrected chi connectivity index (χ2v) is 7.09. The van der Waals surface area contributed by atoms with E-state index in [1.807, 2.05) is 0 Å². The predicted octanol–water partition coefficient (Wildman–Crippen LogP) is 3.31. The van der Waals surface area contributed by atoms with E-state index in [1.54, 1.807) is 31.4 Å². The summed E-state index contributed by atoms with van der Waals surface area (Å²) >= 11 is 0. The monoisotopic (exact) mass is 444 g/mol. The molecule has 1 aliphatic heterocycles. The number of hydrogen-bond acceptors (Lipinski definition) is 7. The maximum absolute atomic E-state index is 13.0. The number of imide groups is 1. The second kappa shape index (κ2) is 8.25. The molecule has 1 saturated heterocycles. The molecule has 1 aliphatic rings. The number of ether oxygens (including phenoxy) is 2. The number of nitrogens with zero attached hydrogens (tertiary/aromatic N) is 3. The number of amides is 3. The first kappa shape index (κ1) is 21.2. The van der Waals surface area contributed by atoms with Crippen LogP contribution in [0.1, 0.15) is 18.4 Å². The number of aromatic nitrogens is 2. The zero-order chi connectivity index (χ0) is 22.9. The molecule has 1 aromatic heterocycles. The molecule has 2 aromatic carbocycles. The standard InChI is InChI=1S/C21H18F2N4O5/c1-21(13-5-9-15(10-6-13)31-19(22)23)18(28)27(20(29)25-21)11-16-24-17(26-32-16)12-3-7-14(30-2)8-4-12/h3-10,19H,11H2,1-2H3,(H,25,29)/t21-/m1/s1. The first-order valence-electron chi connectivity index (χ1n) is 9.46. The minimum Gasteiger partial charge on any atom is -0.497 e. The van der Waals surface area contributed by atoms with Crippen molar-refractivity contribution < 1.29 is 32.4 Å². The van der Waals surface area contributed by atoms with Gasteiger partial charge in [0.15, 0.2) is 0 Å². The molecule has 9 nitrogen and oxygen atoms in total. The molecule has 3 aromatic rings. The number of carbonyl (C=O) groups is 2. The molecule has 32 heavy (non-hydrogen) atoms. The van der Waals surface area contributed by atoms with E-state index in [4.69, 9.17) is 9.26 Å². The summed E-state index contributed by atoms with van der Waals surface area (Å²) in [5.41, 5.74) is -0.308. The first-order valence-corrected chi connectivity index (χ1v) is 9.46. The van der Waals surface area contributed by atoms with Crippen LogP contribution in [0.25, 0.3) is 11.4 Å². The lowest BCUT2D eigenvalue weighted by molar-refractivity contribution is -0.131. The molecule has 11 heteroatoms. The quantitative estimate of drug-likeness (QED) is 0.557. The van der Waals surface area contributed by atoms with E-state index in [9.17, 15) is 18.4 Å². The van der Waals surface area contributed by atoms with Gasteiger partial charge in [-0.1, -0.05) is 17.3 Å². The number of carbonyl (C=O) groups excluding carboxylic acids is 2. The average molecular weight is 444 g/mol. The van der Waals surface area contributed by atoms with Crippen LogP contribution >= 0.6 is 0 Å². The van der Waals surface area contributed by atoms with Crippen LogP contribution in [0, 0.1) is 0 Å². The molecule has 1 fully saturated rings. The summed E-state index contributed by atoms with van der Waals surface area (Å²) in [5, 5.41) is 6.51. The lowest BCUT2D eigenvalue weighted by Crippen LogP contribution is -2.40. The van der Waals surface area contributed by atoms with Crippen molar-refractivity contribution in [2.24, 2.45) is 0 Å². The average Bonchev–Trinajstić information content (AvgIpc) is 3.33. The Morgan fingerprint density at radius 3 is 2.38 bits per heavy atom. The van der Waals surface area contributed by atoms with Crippen LogP contribution in [-0.4, -0.2) is 40.7 Å². The summed E-state index contributed by atoms with van der Waals surface area (Å²) in [6.45, 7) is -1.67. The van der Waals surface area contributed by atoms with Gasteiger partial charge in [-0.3, -0.25) is 9.69 Å². The Bertz CT molecular complexity index is 1130. The Morgan fingerprint density at radius 2 is 1.75 bits per heavy atom. The highest BCUT2D eigenvalue weighted by Crippen LogP contribution is 2.31. The van der Waals surface area contributed by atoms with Gasteiger partial charge >= 0.3 is 12.6 Å². The highest BCUT2D eigenvalue weighted by Gasteiger charge is 2.49. The normalized spacial score (nSPS) is 18.2. The van der Waals surface area contributed by atoms with Gasteiger partial charge in [0.1, 0.15) is 23.6 Å². The van der Waals surface area contributed by atoms with Crippen molar-refractivity contribution in [1.82, 2.24) is 20.4 Å². The zero-order valence-corrected chi connectivity index (χ0v) is 17.0. The maximum Gasteiger partial charge on any atom is 0.387 e. The number of benzene rings is 2. The van der Waals surface area contributed by atoms with Gasteiger partial charge in [-0.15, -0.1) is 0 Å². The van der Waals surface area contributed by atoms with Gasteiger partial charge in [0.2, 0.25) is 11.7 Å². The Kier molecular flexibility index (Phi) is 5.47. The van der Waals surface area contributed by atoms with Gasteiger partial charge in [0.05, 0.1) is 7.11 Å². The molecular formula is C21H18F2N4O5. The molecular weight excluding hydrogens is 426 g/mol. The molecule has 0 radical (unpaired) electrons. The van der Waals surface area contributed by atoms with Crippen LogP contribution in [0.4, 0.5) is 13.6 Å². The lowest BCUT2D eigenvalue weighted by atomic mass is 9.92. The number of rotatable bonds is 7. The van der Waals surface area contributed by atoms with E-state index in [0.29, 0.717) is 22.7 Å². The summed E-state index contributed by atoms with van der Waals surface area (Å²) in [6, 6.07) is 11.8. The molecule has 3 amide bonds. The summed E-state index contributed by atoms with van der Waals surface area (Å²) in [5.74, 6) is 0.438. The molecule has 1 N–H and O–H groups in total. The van der Waals surface area contributed by atoms with E-state index in [-0.39, 0.29) is 18.2 Å². The molecule has 0 aliphatic carbocycles. The molecule has 4 rings (SSSR count). The number of alkyl halides is 2. The van der Waals surface area contributed by atoms with E-state index < -0.39 is 24.1 Å². The van der Waals surface area contributed by atoms with Crippen molar-refractivity contribution in [2.75, 3.05) is 7.11 Å². The van der Waals surface area contributed by atoms with Crippen molar-refractivity contribution in [3.05, 3.63) is 60.0 Å².